The molecule has 0 unspecified atom stereocenters. The summed E-state index contributed by atoms with van der Waals surface area (Å²) in [4.78, 5) is 10.6. The maximum absolute atomic E-state index is 12.0. The van der Waals surface area contributed by atoms with Crippen LogP contribution in [-0.2, 0) is 4.57 Å². The zero-order chi connectivity index (χ0) is 28.7. The second kappa shape index (κ2) is 16.0. The zero-order valence-electron chi connectivity index (χ0n) is 22.4. The molecule has 0 aliphatic rings. The van der Waals surface area contributed by atoms with Gasteiger partial charge in [0.15, 0.2) is 10.6 Å². The van der Waals surface area contributed by atoms with E-state index < -0.39 is 7.80 Å². The van der Waals surface area contributed by atoms with Crippen LogP contribution < -0.4 is 10.6 Å². The molecule has 0 fully saturated rings. The Bertz CT molecular complexity index is 1610. The molecular weight excluding hydrogens is 587 g/mol. The second-order valence-corrected chi connectivity index (χ2v) is 11.5. The van der Waals surface area contributed by atoms with E-state index in [1.54, 1.807) is 6.07 Å². The normalized spacial score (nSPS) is 9.78. The van der Waals surface area contributed by atoms with Crippen LogP contribution in [0.2, 0.25) is 0 Å². The van der Waals surface area contributed by atoms with Crippen LogP contribution in [-0.4, -0.2) is 6.29 Å². The number of hydrogen-bond acceptors (Lipinski definition) is 2. The van der Waals surface area contributed by atoms with Crippen molar-refractivity contribution in [3.8, 4) is 22.3 Å². The lowest BCUT2D eigenvalue weighted by atomic mass is 10.0. The van der Waals surface area contributed by atoms with Gasteiger partial charge in [0, 0.05) is 10.0 Å². The monoisotopic (exact) mass is 615 g/mol. The zero-order valence-corrected chi connectivity index (χ0v) is 24.9. The van der Waals surface area contributed by atoms with Crippen LogP contribution in [0, 0.1) is 0 Å². The molecule has 0 aromatic heterocycles. The fourth-order valence-corrected chi connectivity index (χ4v) is 5.58. The van der Waals surface area contributed by atoms with Gasteiger partial charge in [-0.3, -0.25) is 4.79 Å². The highest BCUT2D eigenvalue weighted by Gasteiger charge is 2.21. The summed E-state index contributed by atoms with van der Waals surface area (Å²) < 4.78 is 13.1. The summed E-state index contributed by atoms with van der Waals surface area (Å²) in [6.45, 7) is 0. The molecule has 6 aromatic rings. The van der Waals surface area contributed by atoms with Crippen LogP contribution in [0.4, 0.5) is 0 Å². The first-order valence-electron chi connectivity index (χ1n) is 13.1. The molecule has 0 saturated carbocycles. The quantitative estimate of drug-likeness (QED) is 0.143. The Hall–Kier alpha value is -4.43. The summed E-state index contributed by atoms with van der Waals surface area (Å²) in [5, 5.41) is 1.77. The first-order chi connectivity index (χ1) is 20.1. The Labute approximate surface area is 251 Å². The standard InChI is InChI=1S/C13H10O.C12H9Br.C12H10OP/c14-10-11-5-4-8-13(9-11)12-6-2-1-3-7-12;13-12-8-4-7-11(9-12)10-5-2-1-3-6-10;13-14(11-7-3-1-4-8-11)12-9-5-2-6-10-12/h1-10H;1-9H;1-10H/q;;+1. The summed E-state index contributed by atoms with van der Waals surface area (Å²) in [6, 6.07) is 55.4. The maximum Gasteiger partial charge on any atom is 0.415 e. The number of carbonyl (C=O) groups is 1. The van der Waals surface area contributed by atoms with Crippen LogP contribution >= 0.6 is 23.7 Å². The van der Waals surface area contributed by atoms with Crippen molar-refractivity contribution in [3.63, 3.8) is 0 Å². The van der Waals surface area contributed by atoms with Crippen LogP contribution in [0.15, 0.2) is 174 Å². The number of carbonyl (C=O) groups excluding carboxylic acids is 1. The SMILES string of the molecule is Brc1cccc(-c2ccccc2)c1.O=Cc1cccc(-c2ccccc2)c1.O=[P+](c1ccccc1)c1ccccc1. The molecule has 0 amide bonds. The van der Waals surface area contributed by atoms with E-state index in [-0.39, 0.29) is 0 Å². The van der Waals surface area contributed by atoms with Gasteiger partial charge in [-0.2, -0.15) is 0 Å². The minimum atomic E-state index is -1.42. The van der Waals surface area contributed by atoms with Crippen LogP contribution in [0.25, 0.3) is 22.3 Å². The van der Waals surface area contributed by atoms with Gasteiger partial charge in [0.25, 0.3) is 0 Å². The molecule has 2 nitrogen and oxygen atoms in total. The van der Waals surface area contributed by atoms with Crippen LogP contribution in [0.5, 0.6) is 0 Å². The van der Waals surface area contributed by atoms with Crippen molar-refractivity contribution < 1.29 is 9.36 Å². The summed E-state index contributed by atoms with van der Waals surface area (Å²) in [6.07, 6.45) is 0.867. The van der Waals surface area contributed by atoms with Crippen molar-refractivity contribution >= 4 is 40.6 Å². The fourth-order valence-electron chi connectivity index (χ4n) is 4.00. The van der Waals surface area contributed by atoms with Crippen LogP contribution in [0.3, 0.4) is 0 Å². The molecule has 0 N–H and O–H groups in total. The van der Waals surface area contributed by atoms with E-state index in [0.717, 1.165) is 32.5 Å². The third-order valence-corrected chi connectivity index (χ3v) is 8.07. The first-order valence-corrected chi connectivity index (χ1v) is 15.2. The Kier molecular flexibility index (Phi) is 11.5. The summed E-state index contributed by atoms with van der Waals surface area (Å²) in [5.74, 6) is 0. The van der Waals surface area contributed by atoms with Gasteiger partial charge in [-0.15, -0.1) is 0 Å². The Balaban J connectivity index is 0.000000142. The maximum atomic E-state index is 12.0. The lowest BCUT2D eigenvalue weighted by Gasteiger charge is -2.00. The van der Waals surface area contributed by atoms with Crippen molar-refractivity contribution in [3.05, 3.63) is 180 Å². The Morgan fingerprint density at radius 3 is 1.27 bits per heavy atom. The summed E-state index contributed by atoms with van der Waals surface area (Å²) in [7, 11) is -1.42. The predicted octanol–water partition coefficient (Wildman–Crippen LogP) is 9.75. The molecule has 41 heavy (non-hydrogen) atoms. The van der Waals surface area contributed by atoms with E-state index in [0.29, 0.717) is 5.56 Å². The second-order valence-electron chi connectivity index (χ2n) is 8.95. The van der Waals surface area contributed by atoms with Gasteiger partial charge in [-0.1, -0.05) is 148 Å². The lowest BCUT2D eigenvalue weighted by Crippen LogP contribution is -2.04. The molecule has 0 atom stereocenters. The minimum absolute atomic E-state index is 0.714. The van der Waals surface area contributed by atoms with Crippen LogP contribution in [0.1, 0.15) is 10.4 Å². The number of rotatable bonds is 5. The van der Waals surface area contributed by atoms with E-state index in [9.17, 15) is 9.36 Å². The molecule has 0 aliphatic carbocycles. The fraction of sp³-hybridized carbons (Fsp3) is 0. The highest BCUT2D eigenvalue weighted by Crippen LogP contribution is 2.22. The molecule has 0 spiro atoms. The number of aldehydes is 1. The third-order valence-electron chi connectivity index (χ3n) is 6.04. The largest absolute Gasteiger partial charge is 0.415 e. The molecule has 0 bridgehead atoms. The van der Waals surface area contributed by atoms with Gasteiger partial charge in [0.1, 0.15) is 6.29 Å². The predicted molar refractivity (Wildman–Crippen MR) is 177 cm³/mol. The van der Waals surface area contributed by atoms with Gasteiger partial charge < -0.3 is 0 Å². The van der Waals surface area contributed by atoms with Crippen molar-refractivity contribution in [1.29, 1.82) is 0 Å². The van der Waals surface area contributed by atoms with Gasteiger partial charge in [0.2, 0.25) is 0 Å². The summed E-state index contributed by atoms with van der Waals surface area (Å²) >= 11 is 3.46. The van der Waals surface area contributed by atoms with Crippen molar-refractivity contribution in [1.82, 2.24) is 0 Å². The minimum Gasteiger partial charge on any atom is -0.298 e. The molecule has 6 rings (SSSR count). The molecule has 0 heterocycles. The number of benzene rings is 6. The van der Waals surface area contributed by atoms with Crippen molar-refractivity contribution in [2.24, 2.45) is 0 Å². The van der Waals surface area contributed by atoms with Crippen molar-refractivity contribution in [2.75, 3.05) is 0 Å². The lowest BCUT2D eigenvalue weighted by molar-refractivity contribution is 0.112. The Morgan fingerprint density at radius 2 is 0.829 bits per heavy atom. The molecule has 200 valence electrons. The van der Waals surface area contributed by atoms with Gasteiger partial charge >= 0.3 is 7.80 Å². The first kappa shape index (κ1) is 29.6. The molecule has 6 aromatic carbocycles. The van der Waals surface area contributed by atoms with Gasteiger partial charge in [-0.05, 0) is 64.7 Å². The molecular formula is C37H29BrO2P+. The number of halogens is 1. The van der Waals surface area contributed by atoms with E-state index >= 15 is 0 Å². The average molecular weight is 617 g/mol. The van der Waals surface area contributed by atoms with Gasteiger partial charge in [-0.25, -0.2) is 0 Å². The summed E-state index contributed by atoms with van der Waals surface area (Å²) in [5.41, 5.74) is 5.43. The Morgan fingerprint density at radius 1 is 0.439 bits per heavy atom. The van der Waals surface area contributed by atoms with E-state index in [4.69, 9.17) is 0 Å². The molecule has 0 saturated heterocycles. The van der Waals surface area contributed by atoms with Gasteiger partial charge in [0.05, 0.1) is 0 Å². The molecule has 0 radical (unpaired) electrons. The topological polar surface area (TPSA) is 34.1 Å². The third kappa shape index (κ3) is 9.32. The molecule has 0 aliphatic heterocycles. The van der Waals surface area contributed by atoms with Crippen molar-refractivity contribution in [2.45, 2.75) is 0 Å². The number of hydrogen-bond donors (Lipinski definition) is 0. The van der Waals surface area contributed by atoms with E-state index in [2.05, 4.69) is 52.3 Å². The average Bonchev–Trinajstić information content (AvgIpc) is 3.07. The van der Waals surface area contributed by atoms with E-state index in [1.165, 1.54) is 11.1 Å². The highest BCUT2D eigenvalue weighted by atomic mass is 79.9. The smallest absolute Gasteiger partial charge is 0.298 e. The molecule has 4 heteroatoms. The van der Waals surface area contributed by atoms with E-state index in [1.807, 2.05) is 127 Å². The highest BCUT2D eigenvalue weighted by molar-refractivity contribution is 9.10.